The molecular weight excluding hydrogens is 438 g/mol. The Morgan fingerprint density at radius 2 is 1.36 bits per heavy atom. The molecule has 3 unspecified atom stereocenters. The Morgan fingerprint density at radius 3 is 1.88 bits per heavy atom. The summed E-state index contributed by atoms with van der Waals surface area (Å²) >= 11 is 0. The first-order chi connectivity index (χ1) is 15.5. The maximum Gasteiger partial charge on any atom is 0.326 e. The fraction of sp³-hybridized carbons (Fsp3) is 0.667. The second kappa shape index (κ2) is 16.2. The second-order valence-electron chi connectivity index (χ2n) is 7.19. The molecule has 0 heterocycles. The molecule has 0 spiro atoms. The van der Waals surface area contributed by atoms with Gasteiger partial charge in [0.05, 0.1) is 13.0 Å². The molecule has 0 radical (unpaired) electrons. The van der Waals surface area contributed by atoms with E-state index in [2.05, 4.69) is 20.9 Å². The second-order valence-corrected chi connectivity index (χ2v) is 7.19. The number of carboxylic acids is 1. The highest BCUT2D eigenvalue weighted by Crippen LogP contribution is 2.05. The van der Waals surface area contributed by atoms with Crippen molar-refractivity contribution in [3.63, 3.8) is 0 Å². The Balaban J connectivity index is 5.45. The number of guanidine groups is 1. The summed E-state index contributed by atoms with van der Waals surface area (Å²) in [5.74, 6) is -4.61. The van der Waals surface area contributed by atoms with Crippen LogP contribution in [0.4, 0.5) is 0 Å². The van der Waals surface area contributed by atoms with Crippen LogP contribution in [0, 0.1) is 0 Å². The van der Waals surface area contributed by atoms with Gasteiger partial charge in [-0.25, -0.2) is 4.79 Å². The van der Waals surface area contributed by atoms with Crippen molar-refractivity contribution in [1.82, 2.24) is 16.0 Å². The first kappa shape index (κ1) is 29.5. The molecule has 3 atom stereocenters. The van der Waals surface area contributed by atoms with Crippen molar-refractivity contribution in [2.24, 2.45) is 33.7 Å². The minimum Gasteiger partial charge on any atom is -0.480 e. The van der Waals surface area contributed by atoms with Gasteiger partial charge in [-0.3, -0.25) is 24.2 Å². The number of nitrogens with zero attached hydrogens (tertiary/aromatic N) is 1. The molecule has 33 heavy (non-hydrogen) atoms. The summed E-state index contributed by atoms with van der Waals surface area (Å²) in [6.45, 7) is 0.0864. The summed E-state index contributed by atoms with van der Waals surface area (Å²) in [5.41, 5.74) is 26.3. The number of carbonyl (C=O) groups excluding carboxylic acids is 4. The van der Waals surface area contributed by atoms with Gasteiger partial charge < -0.3 is 49.7 Å². The summed E-state index contributed by atoms with van der Waals surface area (Å²) in [5, 5.41) is 16.4. The van der Waals surface area contributed by atoms with Gasteiger partial charge in [-0.15, -0.1) is 0 Å². The number of nitrogens with one attached hydrogen (secondary N) is 3. The Hall–Kier alpha value is -3.46. The molecule has 0 aliphatic heterocycles. The van der Waals surface area contributed by atoms with Gasteiger partial charge in [0, 0.05) is 6.54 Å². The highest BCUT2D eigenvalue weighted by atomic mass is 16.4. The van der Waals surface area contributed by atoms with Crippen LogP contribution in [0.1, 0.15) is 38.5 Å². The van der Waals surface area contributed by atoms with Crippen molar-refractivity contribution < 1.29 is 29.1 Å². The van der Waals surface area contributed by atoms with E-state index in [-0.39, 0.29) is 31.8 Å². The van der Waals surface area contributed by atoms with Crippen molar-refractivity contribution >= 4 is 35.6 Å². The Bertz CT molecular complexity index is 712. The van der Waals surface area contributed by atoms with E-state index in [1.54, 1.807) is 0 Å². The van der Waals surface area contributed by atoms with Crippen molar-refractivity contribution in [2.45, 2.75) is 56.7 Å². The monoisotopic (exact) mass is 473 g/mol. The molecular formula is C18H35N9O6. The van der Waals surface area contributed by atoms with Crippen LogP contribution in [0.2, 0.25) is 0 Å². The number of carbonyl (C=O) groups is 5. The lowest BCUT2D eigenvalue weighted by atomic mass is 10.1. The van der Waals surface area contributed by atoms with Crippen LogP contribution in [0.15, 0.2) is 4.99 Å². The van der Waals surface area contributed by atoms with E-state index in [1.165, 1.54) is 0 Å². The van der Waals surface area contributed by atoms with E-state index in [9.17, 15) is 29.1 Å². The number of rotatable bonds is 17. The highest BCUT2D eigenvalue weighted by molar-refractivity contribution is 5.95. The van der Waals surface area contributed by atoms with Crippen molar-refractivity contribution in [1.29, 1.82) is 0 Å². The number of hydrogen-bond acceptors (Lipinski definition) is 8. The van der Waals surface area contributed by atoms with Gasteiger partial charge in [-0.05, 0) is 38.6 Å². The van der Waals surface area contributed by atoms with Crippen LogP contribution in [0.5, 0.6) is 0 Å². The summed E-state index contributed by atoms with van der Waals surface area (Å²) in [7, 11) is 0. The van der Waals surface area contributed by atoms with E-state index >= 15 is 0 Å². The lowest BCUT2D eigenvalue weighted by molar-refractivity contribution is -0.142. The average molecular weight is 474 g/mol. The molecule has 0 rings (SSSR count). The first-order valence-corrected chi connectivity index (χ1v) is 10.4. The molecule has 15 heteroatoms. The van der Waals surface area contributed by atoms with Gasteiger partial charge in [-0.1, -0.05) is 0 Å². The number of carboxylic acid groups (broad SMARTS) is 1. The first-order valence-electron chi connectivity index (χ1n) is 10.4. The van der Waals surface area contributed by atoms with E-state index in [0.717, 1.165) is 0 Å². The van der Waals surface area contributed by atoms with E-state index in [0.29, 0.717) is 19.4 Å². The zero-order valence-electron chi connectivity index (χ0n) is 18.4. The normalized spacial score (nSPS) is 13.2. The van der Waals surface area contributed by atoms with E-state index in [4.69, 9.17) is 28.7 Å². The summed E-state index contributed by atoms with van der Waals surface area (Å²) in [6, 6.07) is -3.76. The molecule has 0 aliphatic rings. The van der Waals surface area contributed by atoms with Crippen molar-refractivity contribution in [3.8, 4) is 0 Å². The lowest BCUT2D eigenvalue weighted by Gasteiger charge is -2.24. The molecule has 4 amide bonds. The van der Waals surface area contributed by atoms with Gasteiger partial charge in [-0.2, -0.15) is 0 Å². The van der Waals surface area contributed by atoms with E-state index in [1.807, 2.05) is 0 Å². The number of unbranched alkanes of at least 4 members (excludes halogenated alkanes) is 1. The smallest absolute Gasteiger partial charge is 0.326 e. The largest absolute Gasteiger partial charge is 0.480 e. The summed E-state index contributed by atoms with van der Waals surface area (Å²) < 4.78 is 0. The topological polar surface area (TPSA) is 284 Å². The maximum atomic E-state index is 12.8. The Kier molecular flexibility index (Phi) is 14.5. The third kappa shape index (κ3) is 13.5. The molecule has 0 aliphatic carbocycles. The summed E-state index contributed by atoms with van der Waals surface area (Å²) in [6.07, 6.45) is 0.962. The van der Waals surface area contributed by atoms with E-state index < -0.39 is 60.7 Å². The zero-order chi connectivity index (χ0) is 25.4. The number of amides is 4. The third-order valence-electron chi connectivity index (χ3n) is 4.38. The Morgan fingerprint density at radius 1 is 0.788 bits per heavy atom. The minimum absolute atomic E-state index is 0.0393. The predicted octanol–water partition coefficient (Wildman–Crippen LogP) is -4.46. The standard InChI is InChI=1S/C18H35N9O6/c19-6-2-1-4-11(17(32)33)27-15(30)10(5-3-7-24-18(22)23)26-16(31)12(8-13(21)28)25-14(29)9-20/h10-12H,1-9,19-20H2,(H2,21,28)(H,25,29)(H,26,31)(H,27,30)(H,32,33)(H4,22,23,24). The minimum atomic E-state index is -1.37. The van der Waals surface area contributed by atoms with Crippen LogP contribution in [-0.2, 0) is 24.0 Å². The summed E-state index contributed by atoms with van der Waals surface area (Å²) in [4.78, 5) is 63.6. The van der Waals surface area contributed by atoms with Crippen LogP contribution in [0.25, 0.3) is 0 Å². The zero-order valence-corrected chi connectivity index (χ0v) is 18.4. The number of primary amides is 1. The number of aliphatic imine (C=N–C) groups is 1. The molecule has 0 aromatic carbocycles. The SMILES string of the molecule is NCCCCC(NC(=O)C(CCCN=C(N)N)NC(=O)C(CC(N)=O)NC(=O)CN)C(=O)O. The van der Waals surface area contributed by atoms with Crippen molar-refractivity contribution in [3.05, 3.63) is 0 Å². The average Bonchev–Trinajstić information content (AvgIpc) is 2.73. The number of aliphatic carboxylic acids is 1. The molecule has 14 N–H and O–H groups in total. The highest BCUT2D eigenvalue weighted by Gasteiger charge is 2.29. The van der Waals surface area contributed by atoms with Crippen molar-refractivity contribution in [2.75, 3.05) is 19.6 Å². The lowest BCUT2D eigenvalue weighted by Crippen LogP contribution is -2.56. The van der Waals surface area contributed by atoms with Gasteiger partial charge in [0.2, 0.25) is 23.6 Å². The maximum absolute atomic E-state index is 12.8. The third-order valence-corrected chi connectivity index (χ3v) is 4.38. The predicted molar refractivity (Wildman–Crippen MR) is 119 cm³/mol. The van der Waals surface area contributed by atoms with Crippen LogP contribution in [0.3, 0.4) is 0 Å². The van der Waals surface area contributed by atoms with Gasteiger partial charge >= 0.3 is 5.97 Å². The fourth-order valence-corrected chi connectivity index (χ4v) is 2.73. The molecule has 0 fully saturated rings. The molecule has 0 saturated carbocycles. The molecule has 188 valence electrons. The van der Waals surface area contributed by atoms with Crippen LogP contribution >= 0.6 is 0 Å². The molecule has 0 aromatic rings. The molecule has 0 saturated heterocycles. The fourth-order valence-electron chi connectivity index (χ4n) is 2.73. The Labute approximate surface area is 191 Å². The van der Waals surface area contributed by atoms with Crippen LogP contribution in [-0.4, -0.2) is 78.4 Å². The number of nitrogens with two attached hydrogens (primary N) is 5. The quantitative estimate of drug-likeness (QED) is 0.0554. The molecule has 15 nitrogen and oxygen atoms in total. The molecule has 0 bridgehead atoms. The van der Waals surface area contributed by atoms with Gasteiger partial charge in [0.15, 0.2) is 5.96 Å². The molecule has 0 aromatic heterocycles. The number of hydrogen-bond donors (Lipinski definition) is 9. The van der Waals surface area contributed by atoms with Gasteiger partial charge in [0.1, 0.15) is 18.1 Å². The van der Waals surface area contributed by atoms with Gasteiger partial charge in [0.25, 0.3) is 0 Å². The van der Waals surface area contributed by atoms with Crippen LogP contribution < -0.4 is 44.6 Å².